The van der Waals surface area contributed by atoms with Gasteiger partial charge in [0.2, 0.25) is 5.91 Å². The van der Waals surface area contributed by atoms with Gasteiger partial charge in [0.05, 0.1) is 11.6 Å². The van der Waals surface area contributed by atoms with Crippen molar-refractivity contribution in [2.75, 3.05) is 13.1 Å². The number of imide groups is 1. The molecule has 0 spiro atoms. The average Bonchev–Trinajstić information content (AvgIpc) is 2.79. The molecule has 2 rings (SSSR count). The summed E-state index contributed by atoms with van der Waals surface area (Å²) in [7, 11) is 0. The summed E-state index contributed by atoms with van der Waals surface area (Å²) in [5, 5.41) is 13.3. The van der Waals surface area contributed by atoms with Crippen LogP contribution in [0.25, 0.3) is 0 Å². The minimum absolute atomic E-state index is 0.0504. The van der Waals surface area contributed by atoms with Crippen molar-refractivity contribution in [2.24, 2.45) is 0 Å². The molecule has 122 valence electrons. The van der Waals surface area contributed by atoms with Crippen LogP contribution in [0.3, 0.4) is 0 Å². The molecule has 1 saturated heterocycles. The first-order valence-corrected chi connectivity index (χ1v) is 6.72. The van der Waals surface area contributed by atoms with Crippen LogP contribution in [-0.4, -0.2) is 46.9 Å². The number of aliphatic carboxylic acids is 1. The Hall–Kier alpha value is -2.68. The Morgan fingerprint density at radius 1 is 1.43 bits per heavy atom. The molecule has 0 radical (unpaired) electrons. The lowest BCUT2D eigenvalue weighted by Gasteiger charge is -2.17. The van der Waals surface area contributed by atoms with E-state index in [4.69, 9.17) is 11.6 Å². The quantitative estimate of drug-likeness (QED) is 0.664. The van der Waals surface area contributed by atoms with Gasteiger partial charge in [-0.15, -0.1) is 0 Å². The van der Waals surface area contributed by atoms with Crippen LogP contribution in [0.4, 0.5) is 9.18 Å². The predicted molar refractivity (Wildman–Crippen MR) is 75.0 cm³/mol. The molecule has 0 saturated carbocycles. The van der Waals surface area contributed by atoms with Crippen LogP contribution >= 0.6 is 11.6 Å². The van der Waals surface area contributed by atoms with Crippen molar-refractivity contribution in [3.05, 3.63) is 34.6 Å². The highest BCUT2D eigenvalue weighted by Gasteiger charge is 2.31. The molecular formula is C13H11ClFN3O5. The lowest BCUT2D eigenvalue weighted by Crippen LogP contribution is -2.43. The zero-order valence-electron chi connectivity index (χ0n) is 11.5. The Balaban J connectivity index is 2.11. The number of rotatable bonds is 5. The highest BCUT2D eigenvalue weighted by Crippen LogP contribution is 2.21. The van der Waals surface area contributed by atoms with Crippen molar-refractivity contribution in [2.45, 2.75) is 6.04 Å². The number of halogens is 2. The minimum atomic E-state index is -1.50. The van der Waals surface area contributed by atoms with Crippen molar-refractivity contribution in [3.63, 3.8) is 0 Å². The standard InChI is InChI=1S/C13H11ClFN3O5/c14-7-3-6(1-2-8(7)15)11(12(21)22)17-9(19)5-18-10(20)4-16-13(18)23/h1-3,11H,4-5H2,(H,16,23)(H,17,19)(H,21,22). The van der Waals surface area contributed by atoms with Crippen LogP contribution in [0, 0.1) is 5.82 Å². The van der Waals surface area contributed by atoms with Gasteiger partial charge in [0, 0.05) is 0 Å². The molecule has 1 fully saturated rings. The van der Waals surface area contributed by atoms with Crippen LogP contribution in [0.1, 0.15) is 11.6 Å². The molecule has 0 aromatic heterocycles. The number of urea groups is 1. The zero-order chi connectivity index (χ0) is 17.1. The maximum absolute atomic E-state index is 13.1. The van der Waals surface area contributed by atoms with Crippen LogP contribution in [-0.2, 0) is 14.4 Å². The Labute approximate surface area is 134 Å². The maximum atomic E-state index is 13.1. The Bertz CT molecular complexity index is 680. The first kappa shape index (κ1) is 16.7. The summed E-state index contributed by atoms with van der Waals surface area (Å²) < 4.78 is 13.1. The van der Waals surface area contributed by atoms with E-state index in [1.54, 1.807) is 0 Å². The van der Waals surface area contributed by atoms with Gasteiger partial charge in [-0.05, 0) is 17.7 Å². The van der Waals surface area contributed by atoms with Crippen LogP contribution in [0.5, 0.6) is 0 Å². The molecule has 10 heteroatoms. The molecule has 1 aliphatic rings. The van der Waals surface area contributed by atoms with Gasteiger partial charge < -0.3 is 15.7 Å². The summed E-state index contributed by atoms with van der Waals surface area (Å²) in [5.41, 5.74) is 0.0504. The van der Waals surface area contributed by atoms with Crippen molar-refractivity contribution in [1.82, 2.24) is 15.5 Å². The van der Waals surface area contributed by atoms with E-state index in [1.165, 1.54) is 0 Å². The molecule has 1 aromatic carbocycles. The Morgan fingerprint density at radius 3 is 2.65 bits per heavy atom. The number of carbonyl (C=O) groups is 4. The molecule has 0 aliphatic carbocycles. The minimum Gasteiger partial charge on any atom is -0.479 e. The third-order valence-electron chi connectivity index (χ3n) is 3.07. The van der Waals surface area contributed by atoms with Crippen molar-refractivity contribution in [3.8, 4) is 0 Å². The third kappa shape index (κ3) is 3.75. The van der Waals surface area contributed by atoms with Crippen LogP contribution in [0.15, 0.2) is 18.2 Å². The van der Waals surface area contributed by atoms with Gasteiger partial charge in [-0.3, -0.25) is 14.5 Å². The highest BCUT2D eigenvalue weighted by molar-refractivity contribution is 6.30. The van der Waals surface area contributed by atoms with E-state index in [1.807, 2.05) is 0 Å². The molecule has 0 bridgehead atoms. The Morgan fingerprint density at radius 2 is 2.13 bits per heavy atom. The smallest absolute Gasteiger partial charge is 0.330 e. The molecule has 1 unspecified atom stereocenters. The van der Waals surface area contributed by atoms with E-state index in [0.29, 0.717) is 4.90 Å². The van der Waals surface area contributed by atoms with E-state index < -0.39 is 42.2 Å². The number of amides is 4. The first-order valence-electron chi connectivity index (χ1n) is 6.35. The normalized spacial score (nSPS) is 15.3. The fourth-order valence-corrected chi connectivity index (χ4v) is 2.13. The van der Waals surface area contributed by atoms with E-state index in [9.17, 15) is 28.7 Å². The monoisotopic (exact) mass is 343 g/mol. The van der Waals surface area contributed by atoms with Crippen LogP contribution < -0.4 is 10.6 Å². The summed E-state index contributed by atoms with van der Waals surface area (Å²) in [5.74, 6) is -3.59. The van der Waals surface area contributed by atoms with Gasteiger partial charge in [-0.1, -0.05) is 17.7 Å². The molecule has 1 aromatic rings. The SMILES string of the molecule is O=C(CN1C(=O)CNC1=O)NC(C(=O)O)c1ccc(F)c(Cl)c1. The fraction of sp³-hybridized carbons (Fsp3) is 0.231. The number of hydrogen-bond acceptors (Lipinski definition) is 4. The molecule has 23 heavy (non-hydrogen) atoms. The second-order valence-corrected chi connectivity index (χ2v) is 5.06. The number of carbonyl (C=O) groups excluding carboxylic acids is 3. The summed E-state index contributed by atoms with van der Waals surface area (Å²) in [6, 6.07) is 0.970. The van der Waals surface area contributed by atoms with Crippen LogP contribution in [0.2, 0.25) is 5.02 Å². The van der Waals surface area contributed by atoms with E-state index in [2.05, 4.69) is 10.6 Å². The fourth-order valence-electron chi connectivity index (χ4n) is 1.95. The van der Waals surface area contributed by atoms with Crippen molar-refractivity contribution in [1.29, 1.82) is 0 Å². The lowest BCUT2D eigenvalue weighted by atomic mass is 10.1. The number of benzene rings is 1. The number of nitrogens with zero attached hydrogens (tertiary/aromatic N) is 1. The number of hydrogen-bond donors (Lipinski definition) is 3. The lowest BCUT2D eigenvalue weighted by molar-refractivity contribution is -0.142. The van der Waals surface area contributed by atoms with E-state index >= 15 is 0 Å². The number of nitrogens with one attached hydrogen (secondary N) is 2. The van der Waals surface area contributed by atoms with Crippen molar-refractivity contribution >= 4 is 35.4 Å². The van der Waals surface area contributed by atoms with Gasteiger partial charge in [0.15, 0.2) is 6.04 Å². The summed E-state index contributed by atoms with van der Waals surface area (Å²) in [6.07, 6.45) is 0. The van der Waals surface area contributed by atoms with Gasteiger partial charge in [0.25, 0.3) is 5.91 Å². The van der Waals surface area contributed by atoms with Gasteiger partial charge in [-0.2, -0.15) is 0 Å². The van der Waals surface area contributed by atoms with E-state index in [-0.39, 0.29) is 17.1 Å². The second-order valence-electron chi connectivity index (χ2n) is 4.65. The predicted octanol–water partition coefficient (Wildman–Crippen LogP) is 0.273. The van der Waals surface area contributed by atoms with Gasteiger partial charge in [-0.25, -0.2) is 14.0 Å². The molecule has 8 nitrogen and oxygen atoms in total. The molecule has 1 atom stereocenters. The third-order valence-corrected chi connectivity index (χ3v) is 3.36. The summed E-state index contributed by atoms with van der Waals surface area (Å²) in [4.78, 5) is 46.5. The zero-order valence-corrected chi connectivity index (χ0v) is 12.3. The molecule has 1 aliphatic heterocycles. The molecule has 4 amide bonds. The largest absolute Gasteiger partial charge is 0.479 e. The summed E-state index contributed by atoms with van der Waals surface area (Å²) in [6.45, 7) is -0.842. The Kier molecular flexibility index (Phi) is 4.80. The van der Waals surface area contributed by atoms with Crippen molar-refractivity contribution < 1.29 is 28.7 Å². The molecule has 3 N–H and O–H groups in total. The number of carboxylic acids is 1. The van der Waals surface area contributed by atoms with Gasteiger partial charge in [0.1, 0.15) is 12.4 Å². The second kappa shape index (κ2) is 6.61. The molecular weight excluding hydrogens is 333 g/mol. The van der Waals surface area contributed by atoms with E-state index in [0.717, 1.165) is 18.2 Å². The topological polar surface area (TPSA) is 116 Å². The summed E-state index contributed by atoms with van der Waals surface area (Å²) >= 11 is 5.59. The van der Waals surface area contributed by atoms with Gasteiger partial charge >= 0.3 is 12.0 Å². The molecule has 1 heterocycles. The maximum Gasteiger partial charge on any atom is 0.330 e. The number of carboxylic acid groups (broad SMARTS) is 1. The highest BCUT2D eigenvalue weighted by atomic mass is 35.5. The average molecular weight is 344 g/mol. The first-order chi connectivity index (χ1) is 10.8.